The summed E-state index contributed by atoms with van der Waals surface area (Å²) in [6.45, 7) is 13.2. The largest absolute Gasteiger partial charge is 0.492 e. The molecule has 0 radical (unpaired) electrons. The predicted octanol–water partition coefficient (Wildman–Crippen LogP) is 3.55. The van der Waals surface area contributed by atoms with Gasteiger partial charge in [0, 0.05) is 19.7 Å². The first-order valence-corrected chi connectivity index (χ1v) is 7.87. The Morgan fingerprint density at radius 3 is 2.52 bits per heavy atom. The zero-order valence-corrected chi connectivity index (χ0v) is 14.5. The van der Waals surface area contributed by atoms with Crippen molar-refractivity contribution in [1.29, 1.82) is 0 Å². The highest BCUT2D eigenvalue weighted by atomic mass is 16.5. The number of hydrogen-bond acceptors (Lipinski definition) is 3. The monoisotopic (exact) mass is 293 g/mol. The predicted molar refractivity (Wildman–Crippen MR) is 89.4 cm³/mol. The van der Waals surface area contributed by atoms with Gasteiger partial charge in [-0.05, 0) is 36.0 Å². The number of nitrogens with one attached hydrogen (secondary N) is 1. The molecular weight excluding hydrogens is 262 g/mol. The third kappa shape index (κ3) is 6.06. The lowest BCUT2D eigenvalue weighted by molar-refractivity contribution is 0.169. The molecule has 1 atom stereocenters. The third-order valence-electron chi connectivity index (χ3n) is 3.53. The molecule has 0 aliphatic rings. The number of aryl methyl sites for hydroxylation is 1. The van der Waals surface area contributed by atoms with Crippen LogP contribution in [-0.4, -0.2) is 32.9 Å². The van der Waals surface area contributed by atoms with Gasteiger partial charge in [-0.25, -0.2) is 0 Å². The average molecular weight is 293 g/mol. The van der Waals surface area contributed by atoms with Crippen molar-refractivity contribution in [2.24, 2.45) is 0 Å². The summed E-state index contributed by atoms with van der Waals surface area (Å²) in [5.41, 5.74) is 2.74. The smallest absolute Gasteiger partial charge is 0.123 e. The van der Waals surface area contributed by atoms with Crippen molar-refractivity contribution in [3.8, 4) is 5.75 Å². The van der Waals surface area contributed by atoms with Gasteiger partial charge in [-0.3, -0.25) is 0 Å². The third-order valence-corrected chi connectivity index (χ3v) is 3.53. The van der Waals surface area contributed by atoms with Crippen molar-refractivity contribution in [3.05, 3.63) is 29.3 Å². The van der Waals surface area contributed by atoms with Crippen LogP contribution in [0.15, 0.2) is 18.2 Å². The van der Waals surface area contributed by atoms with Gasteiger partial charge < -0.3 is 14.8 Å². The Labute approximate surface area is 130 Å². The zero-order chi connectivity index (χ0) is 15.9. The maximum atomic E-state index is 5.99. The second-order valence-corrected chi connectivity index (χ2v) is 6.59. The maximum Gasteiger partial charge on any atom is 0.123 e. The van der Waals surface area contributed by atoms with E-state index >= 15 is 0 Å². The minimum atomic E-state index is 0.0945. The van der Waals surface area contributed by atoms with Crippen LogP contribution in [0.1, 0.15) is 45.7 Å². The van der Waals surface area contributed by atoms with E-state index in [4.69, 9.17) is 9.47 Å². The summed E-state index contributed by atoms with van der Waals surface area (Å²) in [4.78, 5) is 0. The first-order valence-electron chi connectivity index (χ1n) is 7.87. The molecule has 0 saturated carbocycles. The van der Waals surface area contributed by atoms with Crippen LogP contribution in [0.2, 0.25) is 0 Å². The quantitative estimate of drug-likeness (QED) is 0.744. The molecule has 120 valence electrons. The van der Waals surface area contributed by atoms with Gasteiger partial charge in [0.1, 0.15) is 12.4 Å². The van der Waals surface area contributed by atoms with E-state index in [0.717, 1.165) is 25.3 Å². The lowest BCUT2D eigenvalue weighted by Gasteiger charge is -2.24. The van der Waals surface area contributed by atoms with E-state index in [1.165, 1.54) is 11.1 Å². The minimum Gasteiger partial charge on any atom is -0.492 e. The lowest BCUT2D eigenvalue weighted by Crippen LogP contribution is -2.33. The number of rotatable bonds is 8. The highest BCUT2D eigenvalue weighted by Gasteiger charge is 2.19. The molecule has 3 heteroatoms. The van der Waals surface area contributed by atoms with Crippen LogP contribution in [0.5, 0.6) is 5.75 Å². The molecule has 1 aromatic rings. The Kier molecular flexibility index (Phi) is 7.20. The molecule has 0 fully saturated rings. The fourth-order valence-corrected chi connectivity index (χ4v) is 2.28. The molecular formula is C18H31NO2. The van der Waals surface area contributed by atoms with Crippen LogP contribution >= 0.6 is 0 Å². The Balaban J connectivity index is 2.62. The molecule has 1 unspecified atom stereocenters. The number of methoxy groups -OCH3 is 1. The summed E-state index contributed by atoms with van der Waals surface area (Å²) in [5, 5.41) is 3.38. The standard InChI is InChI=1S/C18H31NO2/c1-7-15-8-9-17(16(12-15)18(3,4)5)21-11-10-19-14(2)13-20-6/h8-9,12,14,19H,7,10-11,13H2,1-6H3. The molecule has 0 amide bonds. The second kappa shape index (κ2) is 8.40. The molecule has 1 aromatic carbocycles. The summed E-state index contributed by atoms with van der Waals surface area (Å²) in [6.07, 6.45) is 1.06. The van der Waals surface area contributed by atoms with Gasteiger partial charge in [-0.1, -0.05) is 39.8 Å². The number of benzene rings is 1. The molecule has 0 heterocycles. The van der Waals surface area contributed by atoms with Crippen molar-refractivity contribution >= 4 is 0 Å². The molecule has 0 aliphatic heterocycles. The molecule has 0 bridgehead atoms. The van der Waals surface area contributed by atoms with Gasteiger partial charge in [0.05, 0.1) is 6.61 Å². The second-order valence-electron chi connectivity index (χ2n) is 6.59. The highest BCUT2D eigenvalue weighted by Crippen LogP contribution is 2.32. The van der Waals surface area contributed by atoms with E-state index in [-0.39, 0.29) is 5.41 Å². The SMILES string of the molecule is CCc1ccc(OCCNC(C)COC)c(C(C)(C)C)c1. The molecule has 3 nitrogen and oxygen atoms in total. The van der Waals surface area contributed by atoms with Crippen LogP contribution in [0.25, 0.3) is 0 Å². The van der Waals surface area contributed by atoms with E-state index in [9.17, 15) is 0 Å². The van der Waals surface area contributed by atoms with Gasteiger partial charge in [0.2, 0.25) is 0 Å². The Morgan fingerprint density at radius 1 is 1.24 bits per heavy atom. The van der Waals surface area contributed by atoms with Gasteiger partial charge in [0.15, 0.2) is 0 Å². The van der Waals surface area contributed by atoms with Gasteiger partial charge >= 0.3 is 0 Å². The normalized spacial score (nSPS) is 13.2. The Hall–Kier alpha value is -1.06. The van der Waals surface area contributed by atoms with Crippen LogP contribution in [0.3, 0.4) is 0 Å². The van der Waals surface area contributed by atoms with E-state index in [1.54, 1.807) is 7.11 Å². The lowest BCUT2D eigenvalue weighted by atomic mass is 9.85. The van der Waals surface area contributed by atoms with Crippen LogP contribution in [0.4, 0.5) is 0 Å². The fourth-order valence-electron chi connectivity index (χ4n) is 2.28. The number of ether oxygens (including phenoxy) is 2. The van der Waals surface area contributed by atoms with Crippen molar-refractivity contribution in [1.82, 2.24) is 5.32 Å². The van der Waals surface area contributed by atoms with E-state index in [0.29, 0.717) is 12.6 Å². The number of hydrogen-bond donors (Lipinski definition) is 1. The van der Waals surface area contributed by atoms with Crippen molar-refractivity contribution < 1.29 is 9.47 Å². The summed E-state index contributed by atoms with van der Waals surface area (Å²) >= 11 is 0. The average Bonchev–Trinajstić information content (AvgIpc) is 2.43. The summed E-state index contributed by atoms with van der Waals surface area (Å²) in [7, 11) is 1.72. The van der Waals surface area contributed by atoms with E-state index < -0.39 is 0 Å². The molecule has 1 rings (SSSR count). The van der Waals surface area contributed by atoms with Crippen molar-refractivity contribution in [3.63, 3.8) is 0 Å². The van der Waals surface area contributed by atoms with Gasteiger partial charge in [-0.2, -0.15) is 0 Å². The van der Waals surface area contributed by atoms with Gasteiger partial charge in [0.25, 0.3) is 0 Å². The Morgan fingerprint density at radius 2 is 1.95 bits per heavy atom. The van der Waals surface area contributed by atoms with E-state index in [2.05, 4.69) is 58.1 Å². The minimum absolute atomic E-state index is 0.0945. The molecule has 1 N–H and O–H groups in total. The van der Waals surface area contributed by atoms with Crippen LogP contribution in [-0.2, 0) is 16.6 Å². The first-order chi connectivity index (χ1) is 9.88. The van der Waals surface area contributed by atoms with Gasteiger partial charge in [-0.15, -0.1) is 0 Å². The maximum absolute atomic E-state index is 5.99. The summed E-state index contributed by atoms with van der Waals surface area (Å²) in [5.74, 6) is 1.00. The Bertz CT molecular complexity index is 424. The topological polar surface area (TPSA) is 30.5 Å². The fraction of sp³-hybridized carbons (Fsp3) is 0.667. The molecule has 0 spiro atoms. The van der Waals surface area contributed by atoms with Crippen LogP contribution in [0, 0.1) is 0 Å². The highest BCUT2D eigenvalue weighted by molar-refractivity contribution is 5.41. The summed E-state index contributed by atoms with van der Waals surface area (Å²) < 4.78 is 11.1. The molecule has 0 aliphatic carbocycles. The summed E-state index contributed by atoms with van der Waals surface area (Å²) in [6, 6.07) is 6.89. The zero-order valence-electron chi connectivity index (χ0n) is 14.5. The molecule has 21 heavy (non-hydrogen) atoms. The molecule has 0 aromatic heterocycles. The van der Waals surface area contributed by atoms with Crippen LogP contribution < -0.4 is 10.1 Å². The first kappa shape index (κ1) is 18.0. The van der Waals surface area contributed by atoms with Crippen molar-refractivity contribution in [2.45, 2.75) is 52.5 Å². The molecule has 0 saturated heterocycles. The van der Waals surface area contributed by atoms with E-state index in [1.807, 2.05) is 0 Å². The van der Waals surface area contributed by atoms with Crippen molar-refractivity contribution in [2.75, 3.05) is 26.9 Å².